The lowest BCUT2D eigenvalue weighted by atomic mass is 9.84. The molecule has 1 atom stereocenters. The predicted octanol–water partition coefficient (Wildman–Crippen LogP) is 3.49. The summed E-state index contributed by atoms with van der Waals surface area (Å²) in [5.74, 6) is 0.106. The fraction of sp³-hybridized carbons (Fsp3) is 0.476. The van der Waals surface area contributed by atoms with Gasteiger partial charge in [0.05, 0.1) is 17.1 Å². The highest BCUT2D eigenvalue weighted by Gasteiger charge is 2.52. The largest absolute Gasteiger partial charge is 0.328 e. The van der Waals surface area contributed by atoms with Crippen LogP contribution in [0, 0.1) is 13.8 Å². The molecule has 5 nitrogen and oxygen atoms in total. The van der Waals surface area contributed by atoms with E-state index in [9.17, 15) is 9.59 Å². The highest BCUT2D eigenvalue weighted by Crippen LogP contribution is 2.40. The highest BCUT2D eigenvalue weighted by molar-refractivity contribution is 7.09. The summed E-state index contributed by atoms with van der Waals surface area (Å²) in [7, 11) is 0. The molecule has 2 aromatic rings. The first-order valence-corrected chi connectivity index (χ1v) is 10.5. The first kappa shape index (κ1) is 18.2. The fourth-order valence-corrected chi connectivity index (χ4v) is 5.04. The summed E-state index contributed by atoms with van der Waals surface area (Å²) in [6.07, 6.45) is 3.60. The molecule has 2 amide bonds. The van der Waals surface area contributed by atoms with E-state index in [0.717, 1.165) is 48.6 Å². The molecule has 2 fully saturated rings. The Balaban J connectivity index is 1.58. The third kappa shape index (κ3) is 3.27. The van der Waals surface area contributed by atoms with Crippen LogP contribution in [-0.4, -0.2) is 40.3 Å². The maximum absolute atomic E-state index is 13.5. The number of aromatic nitrogens is 1. The van der Waals surface area contributed by atoms with E-state index in [2.05, 4.69) is 4.98 Å². The molecule has 2 saturated heterocycles. The Morgan fingerprint density at radius 1 is 1.15 bits per heavy atom. The molecule has 0 saturated carbocycles. The molecule has 142 valence electrons. The van der Waals surface area contributed by atoms with Crippen molar-refractivity contribution < 1.29 is 9.59 Å². The molecule has 1 spiro atoms. The van der Waals surface area contributed by atoms with Gasteiger partial charge in [-0.15, -0.1) is 11.3 Å². The molecule has 1 aromatic carbocycles. The smallest absolute Gasteiger partial charge is 0.252 e. The van der Waals surface area contributed by atoms with Gasteiger partial charge in [0, 0.05) is 24.2 Å². The zero-order chi connectivity index (χ0) is 19.0. The molecule has 3 heterocycles. The van der Waals surface area contributed by atoms with Gasteiger partial charge in [0.2, 0.25) is 5.91 Å². The number of nitrogens with zero attached hydrogens (tertiary/aromatic N) is 3. The zero-order valence-corrected chi connectivity index (χ0v) is 16.7. The van der Waals surface area contributed by atoms with Gasteiger partial charge < -0.3 is 9.80 Å². The van der Waals surface area contributed by atoms with E-state index >= 15 is 0 Å². The van der Waals surface area contributed by atoms with Crippen LogP contribution < -0.4 is 4.90 Å². The monoisotopic (exact) mass is 383 g/mol. The van der Waals surface area contributed by atoms with Crippen molar-refractivity contribution in [3.8, 4) is 0 Å². The number of amides is 2. The van der Waals surface area contributed by atoms with Gasteiger partial charge in [-0.3, -0.25) is 9.59 Å². The van der Waals surface area contributed by atoms with Gasteiger partial charge in [0.1, 0.15) is 5.54 Å². The topological polar surface area (TPSA) is 53.5 Å². The molecule has 4 rings (SSSR count). The number of anilines is 1. The maximum Gasteiger partial charge on any atom is 0.252 e. The van der Waals surface area contributed by atoms with Crippen molar-refractivity contribution in [2.24, 2.45) is 0 Å². The fourth-order valence-electron chi connectivity index (χ4n) is 4.42. The van der Waals surface area contributed by atoms with Crippen LogP contribution in [-0.2, 0) is 16.0 Å². The lowest BCUT2D eigenvalue weighted by Crippen LogP contribution is -2.61. The summed E-state index contributed by atoms with van der Waals surface area (Å²) in [5.41, 5.74) is 2.24. The molecule has 0 radical (unpaired) electrons. The van der Waals surface area contributed by atoms with Crippen LogP contribution in [0.1, 0.15) is 41.9 Å². The maximum atomic E-state index is 13.5. The summed E-state index contributed by atoms with van der Waals surface area (Å²) in [4.78, 5) is 34.7. The Hall–Kier alpha value is -2.21. The average Bonchev–Trinajstić information content (AvgIpc) is 3.25. The van der Waals surface area contributed by atoms with E-state index in [0.29, 0.717) is 6.54 Å². The summed E-state index contributed by atoms with van der Waals surface area (Å²) in [6, 6.07) is 8.08. The van der Waals surface area contributed by atoms with Crippen molar-refractivity contribution in [1.29, 1.82) is 0 Å². The molecule has 1 unspecified atom stereocenters. The second-order valence-corrected chi connectivity index (χ2v) is 8.67. The summed E-state index contributed by atoms with van der Waals surface area (Å²) in [6.45, 7) is 5.37. The number of rotatable bonds is 3. The Labute approximate surface area is 164 Å². The third-order valence-electron chi connectivity index (χ3n) is 5.75. The van der Waals surface area contributed by atoms with Gasteiger partial charge in [-0.25, -0.2) is 4.98 Å². The summed E-state index contributed by atoms with van der Waals surface area (Å²) < 4.78 is 0. The molecule has 1 aromatic heterocycles. The number of hydrogen-bond acceptors (Lipinski definition) is 4. The second-order valence-electron chi connectivity index (χ2n) is 7.61. The van der Waals surface area contributed by atoms with E-state index in [1.54, 1.807) is 11.3 Å². The first-order chi connectivity index (χ1) is 13.0. The number of likely N-dealkylation sites (tertiary alicyclic amines) is 1. The Morgan fingerprint density at radius 2 is 1.85 bits per heavy atom. The van der Waals surface area contributed by atoms with Gasteiger partial charge in [-0.05, 0) is 51.7 Å². The molecule has 0 N–H and O–H groups in total. The number of thiazole rings is 1. The van der Waals surface area contributed by atoms with Crippen molar-refractivity contribution in [1.82, 2.24) is 9.88 Å². The zero-order valence-electron chi connectivity index (χ0n) is 15.9. The number of hydrogen-bond donors (Lipinski definition) is 0. The van der Waals surface area contributed by atoms with E-state index in [-0.39, 0.29) is 18.2 Å². The van der Waals surface area contributed by atoms with Crippen LogP contribution >= 0.6 is 11.3 Å². The van der Waals surface area contributed by atoms with E-state index in [1.165, 1.54) is 5.56 Å². The minimum absolute atomic E-state index is 0.0249. The number of aryl methyl sites for hydroxylation is 2. The van der Waals surface area contributed by atoms with Crippen LogP contribution in [0.5, 0.6) is 0 Å². The summed E-state index contributed by atoms with van der Waals surface area (Å²) in [5, 5.41) is 2.91. The van der Waals surface area contributed by atoms with Crippen LogP contribution in [0.15, 0.2) is 29.6 Å². The van der Waals surface area contributed by atoms with Gasteiger partial charge >= 0.3 is 0 Å². The Kier molecular flexibility index (Phi) is 4.76. The lowest BCUT2D eigenvalue weighted by molar-refractivity contribution is -0.145. The SMILES string of the molecule is Cc1ccc(N2CCCC3(CCCN3C(=O)Cc3csc(C)n3)C2=O)cc1. The molecule has 2 aliphatic rings. The highest BCUT2D eigenvalue weighted by atomic mass is 32.1. The minimum atomic E-state index is -0.675. The van der Waals surface area contributed by atoms with Gasteiger partial charge in [0.25, 0.3) is 5.91 Å². The van der Waals surface area contributed by atoms with Crippen molar-refractivity contribution in [2.45, 2.75) is 51.5 Å². The number of carbonyl (C=O) groups is 2. The molecule has 0 aliphatic carbocycles. The van der Waals surface area contributed by atoms with Crippen molar-refractivity contribution in [2.75, 3.05) is 18.0 Å². The van der Waals surface area contributed by atoms with Crippen molar-refractivity contribution in [3.05, 3.63) is 45.9 Å². The lowest BCUT2D eigenvalue weighted by Gasteiger charge is -2.44. The van der Waals surface area contributed by atoms with Crippen LogP contribution in [0.2, 0.25) is 0 Å². The molecule has 6 heteroatoms. The van der Waals surface area contributed by atoms with Crippen LogP contribution in [0.3, 0.4) is 0 Å². The van der Waals surface area contributed by atoms with Gasteiger partial charge in [0.15, 0.2) is 0 Å². The van der Waals surface area contributed by atoms with E-state index in [1.807, 2.05) is 53.3 Å². The van der Waals surface area contributed by atoms with Crippen molar-refractivity contribution >= 4 is 28.8 Å². The molecular weight excluding hydrogens is 358 g/mol. The van der Waals surface area contributed by atoms with E-state index in [4.69, 9.17) is 0 Å². The molecule has 27 heavy (non-hydrogen) atoms. The molecular formula is C21H25N3O2S. The second kappa shape index (κ2) is 7.08. The number of piperidine rings is 1. The Bertz CT molecular complexity index is 861. The average molecular weight is 384 g/mol. The standard InChI is InChI=1S/C21H25N3O2S/c1-15-5-7-18(8-6-15)23-11-3-9-21(20(23)26)10-4-12-24(21)19(25)13-17-14-27-16(2)22-17/h5-8,14H,3-4,9-13H2,1-2H3. The minimum Gasteiger partial charge on any atom is -0.328 e. The first-order valence-electron chi connectivity index (χ1n) is 9.60. The van der Waals surface area contributed by atoms with E-state index < -0.39 is 5.54 Å². The van der Waals surface area contributed by atoms with Gasteiger partial charge in [-0.2, -0.15) is 0 Å². The Morgan fingerprint density at radius 3 is 2.52 bits per heavy atom. The van der Waals surface area contributed by atoms with Crippen molar-refractivity contribution in [3.63, 3.8) is 0 Å². The molecule has 2 aliphatic heterocycles. The van der Waals surface area contributed by atoms with Gasteiger partial charge in [-0.1, -0.05) is 17.7 Å². The normalized spacial score (nSPS) is 22.7. The number of benzene rings is 1. The quantitative estimate of drug-likeness (QED) is 0.815. The predicted molar refractivity (Wildman–Crippen MR) is 107 cm³/mol. The third-order valence-corrected chi connectivity index (χ3v) is 6.57. The van der Waals surface area contributed by atoms with Crippen LogP contribution in [0.25, 0.3) is 0 Å². The summed E-state index contributed by atoms with van der Waals surface area (Å²) >= 11 is 1.56. The molecule has 0 bridgehead atoms. The number of carbonyl (C=O) groups excluding carboxylic acids is 2. The van der Waals surface area contributed by atoms with Crippen LogP contribution in [0.4, 0.5) is 5.69 Å².